The number of carbonyl (C=O) groups is 3. The van der Waals surface area contributed by atoms with E-state index < -0.39 is 58.0 Å². The Morgan fingerprint density at radius 2 is 1.75 bits per heavy atom. The number of hydrogen-bond acceptors (Lipinski definition) is 10. The quantitative estimate of drug-likeness (QED) is 0.333. The fourth-order valence-electron chi connectivity index (χ4n) is 7.23. The molecular formula is C29H38N4O7. The van der Waals surface area contributed by atoms with Gasteiger partial charge in [-0.3, -0.25) is 24.2 Å². The number of allylic oxidation sites excluding steroid dienone is 1. The maximum absolute atomic E-state index is 14.1. The van der Waals surface area contributed by atoms with Crippen molar-refractivity contribution in [2.75, 3.05) is 46.2 Å². The summed E-state index contributed by atoms with van der Waals surface area (Å²) in [7, 11) is 6.94. The highest BCUT2D eigenvalue weighted by Gasteiger charge is 2.63. The molecule has 0 radical (unpaired) electrons. The summed E-state index contributed by atoms with van der Waals surface area (Å²) < 4.78 is 0. The highest BCUT2D eigenvalue weighted by atomic mass is 16.3. The lowest BCUT2D eigenvalue weighted by atomic mass is 9.58. The van der Waals surface area contributed by atoms with Gasteiger partial charge in [-0.2, -0.15) is 0 Å². The van der Waals surface area contributed by atoms with E-state index in [1.165, 1.54) is 0 Å². The van der Waals surface area contributed by atoms with Crippen LogP contribution >= 0.6 is 0 Å². The second kappa shape index (κ2) is 9.90. The molecule has 4 atom stereocenters. The van der Waals surface area contributed by atoms with Gasteiger partial charge in [-0.25, -0.2) is 0 Å². The zero-order valence-electron chi connectivity index (χ0n) is 23.4. The van der Waals surface area contributed by atoms with E-state index >= 15 is 0 Å². The van der Waals surface area contributed by atoms with Crippen molar-refractivity contribution in [3.63, 3.8) is 0 Å². The molecule has 1 fully saturated rings. The number of fused-ring (bicyclic) bond motifs is 3. The molecule has 11 heteroatoms. The van der Waals surface area contributed by atoms with E-state index in [1.807, 2.05) is 25.1 Å². The fourth-order valence-corrected chi connectivity index (χ4v) is 7.23. The van der Waals surface area contributed by atoms with Crippen LogP contribution in [0.4, 0.5) is 5.69 Å². The van der Waals surface area contributed by atoms with Gasteiger partial charge in [0, 0.05) is 43.4 Å². The molecule has 1 aromatic rings. The number of phenolic OH excluding ortho intramolecular Hbond substituents is 1. The number of carbonyl (C=O) groups excluding carboxylic acids is 3. The molecule has 1 saturated heterocycles. The van der Waals surface area contributed by atoms with Gasteiger partial charge in [0.15, 0.2) is 11.4 Å². The molecule has 0 aromatic heterocycles. The molecule has 1 aliphatic heterocycles. The number of rotatable bonds is 5. The van der Waals surface area contributed by atoms with Crippen LogP contribution in [0.1, 0.15) is 47.2 Å². The molecule has 11 nitrogen and oxygen atoms in total. The van der Waals surface area contributed by atoms with Gasteiger partial charge in [-0.1, -0.05) is 6.42 Å². The Morgan fingerprint density at radius 1 is 1.10 bits per heavy atom. The van der Waals surface area contributed by atoms with E-state index in [0.29, 0.717) is 17.7 Å². The van der Waals surface area contributed by atoms with Gasteiger partial charge in [0.2, 0.25) is 5.78 Å². The van der Waals surface area contributed by atoms with Crippen molar-refractivity contribution in [3.05, 3.63) is 45.4 Å². The predicted octanol–water partition coefficient (Wildman–Crippen LogP) is 1.17. The number of piperidine rings is 1. The molecule has 4 aliphatic rings. The molecular weight excluding hydrogens is 516 g/mol. The molecule has 216 valence electrons. The standard InChI is InChI=1S/C29H38N4O7/c1-31(2)18-12-15(13-33-8-6-5-7-9-33)23(34)20-16(18)10-14-11-17-22(32(3)4)25(36)21(28(30)39)27(38)29(17,40)26(37)19(14)24(20)35/h12,14,17,22,34,36-37,40H,5-11,13H2,1-4H3,(H2,30,39)/t14-,17-,22-,29-/m0/s1. The monoisotopic (exact) mass is 554 g/mol. The third-order valence-corrected chi connectivity index (χ3v) is 9.10. The van der Waals surface area contributed by atoms with Crippen molar-refractivity contribution in [3.8, 4) is 5.75 Å². The van der Waals surface area contributed by atoms with E-state index in [4.69, 9.17) is 5.73 Å². The van der Waals surface area contributed by atoms with E-state index in [0.717, 1.165) is 38.0 Å². The highest BCUT2D eigenvalue weighted by Crippen LogP contribution is 2.53. The fraction of sp³-hybridized carbons (Fsp3) is 0.552. The average molecular weight is 555 g/mol. The number of likely N-dealkylation sites (N-methyl/N-ethyl adjacent to an activating group) is 1. The number of aliphatic hydroxyl groups excluding tert-OH is 2. The molecule has 1 heterocycles. The summed E-state index contributed by atoms with van der Waals surface area (Å²) >= 11 is 0. The second-order valence-electron chi connectivity index (χ2n) is 12.0. The minimum absolute atomic E-state index is 0.0546. The number of benzene rings is 1. The van der Waals surface area contributed by atoms with Crippen LogP contribution in [0.3, 0.4) is 0 Å². The molecule has 0 unspecified atom stereocenters. The Balaban J connectivity index is 1.67. The van der Waals surface area contributed by atoms with Crippen molar-refractivity contribution in [2.45, 2.75) is 50.3 Å². The zero-order valence-corrected chi connectivity index (χ0v) is 23.4. The Kier molecular flexibility index (Phi) is 6.96. The topological polar surface area (TPSA) is 168 Å². The van der Waals surface area contributed by atoms with Gasteiger partial charge in [-0.05, 0) is 70.4 Å². The molecule has 0 saturated carbocycles. The Hall–Kier alpha value is -3.41. The second-order valence-corrected chi connectivity index (χ2v) is 12.0. The summed E-state index contributed by atoms with van der Waals surface area (Å²) in [6.07, 6.45) is 3.61. The van der Waals surface area contributed by atoms with Crippen LogP contribution in [0.2, 0.25) is 0 Å². The summed E-state index contributed by atoms with van der Waals surface area (Å²) in [5.74, 6) is -6.38. The van der Waals surface area contributed by atoms with Crippen LogP contribution in [-0.4, -0.2) is 101 Å². The Bertz CT molecular complexity index is 1360. The van der Waals surface area contributed by atoms with E-state index in [1.54, 1.807) is 19.0 Å². The summed E-state index contributed by atoms with van der Waals surface area (Å²) in [5.41, 5.74) is 3.85. The smallest absolute Gasteiger partial charge is 0.255 e. The van der Waals surface area contributed by atoms with Crippen molar-refractivity contribution < 1.29 is 34.8 Å². The summed E-state index contributed by atoms with van der Waals surface area (Å²) in [5, 5.41) is 45.7. The number of hydrogen-bond donors (Lipinski definition) is 5. The number of Topliss-reactive ketones (excluding diaryl/α,β-unsaturated/α-hetero) is 2. The maximum Gasteiger partial charge on any atom is 0.255 e. The third-order valence-electron chi connectivity index (χ3n) is 9.10. The largest absolute Gasteiger partial charge is 0.510 e. The van der Waals surface area contributed by atoms with Gasteiger partial charge < -0.3 is 31.1 Å². The molecule has 6 N–H and O–H groups in total. The number of nitrogens with zero attached hydrogens (tertiary/aromatic N) is 3. The lowest BCUT2D eigenvalue weighted by Crippen LogP contribution is -2.63. The number of aliphatic hydroxyl groups is 3. The number of primary amides is 1. The summed E-state index contributed by atoms with van der Waals surface area (Å²) in [4.78, 5) is 45.4. The first-order chi connectivity index (χ1) is 18.8. The first-order valence-corrected chi connectivity index (χ1v) is 13.7. The number of amides is 1. The number of nitrogens with two attached hydrogens (primary N) is 1. The minimum Gasteiger partial charge on any atom is -0.510 e. The first-order valence-electron chi connectivity index (χ1n) is 13.7. The lowest BCUT2D eigenvalue weighted by molar-refractivity contribution is -0.148. The van der Waals surface area contributed by atoms with Gasteiger partial charge in [0.25, 0.3) is 5.91 Å². The Morgan fingerprint density at radius 3 is 2.33 bits per heavy atom. The van der Waals surface area contributed by atoms with E-state index in [2.05, 4.69) is 4.90 Å². The molecule has 5 rings (SSSR count). The van der Waals surface area contributed by atoms with Crippen molar-refractivity contribution >= 4 is 23.2 Å². The van der Waals surface area contributed by atoms with E-state index in [9.17, 15) is 34.8 Å². The van der Waals surface area contributed by atoms with Crippen LogP contribution in [0.25, 0.3) is 0 Å². The van der Waals surface area contributed by atoms with Crippen molar-refractivity contribution in [2.24, 2.45) is 17.6 Å². The number of anilines is 1. The summed E-state index contributed by atoms with van der Waals surface area (Å²) in [6, 6.07) is 0.892. The highest BCUT2D eigenvalue weighted by molar-refractivity contribution is 6.24. The molecule has 3 aliphatic carbocycles. The van der Waals surface area contributed by atoms with Gasteiger partial charge in [0.05, 0.1) is 11.6 Å². The third kappa shape index (κ3) is 4.02. The average Bonchev–Trinajstić information content (AvgIpc) is 2.87. The molecule has 0 spiro atoms. The van der Waals surface area contributed by atoms with Crippen molar-refractivity contribution in [1.82, 2.24) is 9.80 Å². The molecule has 1 aromatic carbocycles. The maximum atomic E-state index is 14.1. The van der Waals surface area contributed by atoms with Gasteiger partial charge in [-0.15, -0.1) is 0 Å². The van der Waals surface area contributed by atoms with Gasteiger partial charge >= 0.3 is 0 Å². The van der Waals surface area contributed by atoms with Crippen LogP contribution in [0.5, 0.6) is 5.75 Å². The number of phenols is 1. The number of likely N-dealkylation sites (tertiary alicyclic amines) is 1. The summed E-state index contributed by atoms with van der Waals surface area (Å²) in [6.45, 7) is 2.24. The van der Waals surface area contributed by atoms with Gasteiger partial charge in [0.1, 0.15) is 22.8 Å². The molecule has 1 amide bonds. The van der Waals surface area contributed by atoms with Crippen molar-refractivity contribution in [1.29, 1.82) is 0 Å². The minimum atomic E-state index is -2.64. The predicted molar refractivity (Wildman–Crippen MR) is 147 cm³/mol. The van der Waals surface area contributed by atoms with E-state index in [-0.39, 0.29) is 29.7 Å². The van der Waals surface area contributed by atoms with Crippen LogP contribution < -0.4 is 10.6 Å². The lowest BCUT2D eigenvalue weighted by Gasteiger charge is -2.50. The van der Waals surface area contributed by atoms with Crippen LogP contribution in [0.15, 0.2) is 28.7 Å². The first kappa shape index (κ1) is 28.1. The zero-order chi connectivity index (χ0) is 29.3. The SMILES string of the molecule is CN(C)c1cc(CN2CCCCC2)c(O)c2c1C[C@H]1C[C@H]3[C@H](N(C)C)C(O)=C(C(N)=O)C(=O)[C@@]3(O)C(O)=C1C2=O. The molecule has 40 heavy (non-hydrogen) atoms. The Labute approximate surface area is 233 Å². The number of ketones is 2. The van der Waals surface area contributed by atoms with Crippen LogP contribution in [0, 0.1) is 11.8 Å². The molecule has 0 bridgehead atoms. The van der Waals surface area contributed by atoms with Crippen LogP contribution in [-0.2, 0) is 22.6 Å². The number of aromatic hydroxyl groups is 1. The normalized spacial score (nSPS) is 28.9.